The third-order valence-electron chi connectivity index (χ3n) is 5.17. The molecule has 3 heterocycles. The van der Waals surface area contributed by atoms with E-state index >= 15 is 0 Å². The van der Waals surface area contributed by atoms with Crippen molar-refractivity contribution in [3.05, 3.63) is 70.0 Å². The average molecular weight is 395 g/mol. The van der Waals surface area contributed by atoms with Crippen molar-refractivity contribution in [2.75, 3.05) is 18.4 Å². The summed E-state index contributed by atoms with van der Waals surface area (Å²) in [5.74, 6) is 0.647. The van der Waals surface area contributed by atoms with Crippen molar-refractivity contribution in [3.8, 4) is 0 Å². The lowest BCUT2D eigenvalue weighted by Gasteiger charge is -2.32. The number of nitrogens with one attached hydrogen (secondary N) is 1. The smallest absolute Gasteiger partial charge is 0.257 e. The molecule has 4 rings (SSSR count). The van der Waals surface area contributed by atoms with Gasteiger partial charge in [-0.2, -0.15) is 16.4 Å². The minimum Gasteiger partial charge on any atom is -0.338 e. The molecule has 3 aromatic rings. The first-order chi connectivity index (χ1) is 13.6. The number of hydrogen-bond donors (Lipinski definition) is 1. The summed E-state index contributed by atoms with van der Waals surface area (Å²) >= 11 is 1.54. The second-order valence-electron chi connectivity index (χ2n) is 6.97. The van der Waals surface area contributed by atoms with Crippen LogP contribution in [0.1, 0.15) is 45.2 Å². The Bertz CT molecular complexity index is 972. The number of carbonyl (C=O) groups excluding carboxylic acids is 2. The van der Waals surface area contributed by atoms with Gasteiger partial charge >= 0.3 is 0 Å². The van der Waals surface area contributed by atoms with Crippen molar-refractivity contribution < 1.29 is 9.59 Å². The molecule has 2 aromatic heterocycles. The van der Waals surface area contributed by atoms with Crippen molar-refractivity contribution in [1.29, 1.82) is 0 Å². The summed E-state index contributed by atoms with van der Waals surface area (Å²) in [5, 5.41) is 11.2. The standard InChI is InChI=1S/C21H22N4O2S/c1-15-4-2-3-5-18(15)20(26)23-19-6-10-22-25(19)17-7-11-24(12-8-17)21(27)16-9-13-28-14-16/h2-6,9-10,13-14,17H,7-8,11-12H2,1H3,(H,23,26). The Labute approximate surface area is 167 Å². The molecule has 1 saturated heterocycles. The first kappa shape index (κ1) is 18.4. The molecule has 0 aliphatic carbocycles. The molecule has 0 unspecified atom stereocenters. The molecule has 7 heteroatoms. The zero-order chi connectivity index (χ0) is 19.5. The molecule has 0 spiro atoms. The van der Waals surface area contributed by atoms with E-state index in [9.17, 15) is 9.59 Å². The Morgan fingerprint density at radius 3 is 2.64 bits per heavy atom. The number of amides is 2. The number of thiophene rings is 1. The van der Waals surface area contributed by atoms with Gasteiger partial charge in [0.2, 0.25) is 0 Å². The quantitative estimate of drug-likeness (QED) is 0.728. The number of hydrogen-bond acceptors (Lipinski definition) is 4. The normalized spacial score (nSPS) is 14.8. The SMILES string of the molecule is Cc1ccccc1C(=O)Nc1ccnn1C1CCN(C(=O)c2ccsc2)CC1. The molecule has 1 N–H and O–H groups in total. The van der Waals surface area contributed by atoms with Crippen LogP contribution in [0.25, 0.3) is 0 Å². The minimum atomic E-state index is -0.134. The van der Waals surface area contributed by atoms with E-state index in [0.717, 1.165) is 24.0 Å². The summed E-state index contributed by atoms with van der Waals surface area (Å²) in [6.45, 7) is 3.29. The Morgan fingerprint density at radius 1 is 1.14 bits per heavy atom. The highest BCUT2D eigenvalue weighted by Gasteiger charge is 2.26. The van der Waals surface area contributed by atoms with Gasteiger partial charge in [-0.1, -0.05) is 18.2 Å². The van der Waals surface area contributed by atoms with E-state index in [0.29, 0.717) is 24.5 Å². The molecule has 0 saturated carbocycles. The molecular formula is C21H22N4O2S. The zero-order valence-corrected chi connectivity index (χ0v) is 16.5. The second kappa shape index (κ2) is 7.98. The van der Waals surface area contributed by atoms with Gasteiger partial charge in [0, 0.05) is 30.1 Å². The molecular weight excluding hydrogens is 372 g/mol. The summed E-state index contributed by atoms with van der Waals surface area (Å²) in [6.07, 6.45) is 3.33. The average Bonchev–Trinajstić information content (AvgIpc) is 3.40. The predicted octanol–water partition coefficient (Wildman–Crippen LogP) is 3.98. The Morgan fingerprint density at radius 2 is 1.93 bits per heavy atom. The summed E-state index contributed by atoms with van der Waals surface area (Å²) in [5.41, 5.74) is 2.35. The van der Waals surface area contributed by atoms with E-state index in [1.165, 1.54) is 11.3 Å². The van der Waals surface area contributed by atoms with Gasteiger partial charge < -0.3 is 10.2 Å². The third kappa shape index (κ3) is 3.71. The van der Waals surface area contributed by atoms with Crippen molar-refractivity contribution in [2.24, 2.45) is 0 Å². The van der Waals surface area contributed by atoms with Crippen LogP contribution in [0.3, 0.4) is 0 Å². The Hall–Kier alpha value is -2.93. The first-order valence-electron chi connectivity index (χ1n) is 9.35. The molecule has 0 radical (unpaired) electrons. The Kier molecular flexibility index (Phi) is 5.25. The van der Waals surface area contributed by atoms with Crippen LogP contribution in [0.5, 0.6) is 0 Å². The fraction of sp³-hybridized carbons (Fsp3) is 0.286. The van der Waals surface area contributed by atoms with Crippen LogP contribution < -0.4 is 5.32 Å². The highest BCUT2D eigenvalue weighted by Crippen LogP contribution is 2.27. The maximum atomic E-state index is 12.6. The number of rotatable bonds is 4. The second-order valence-corrected chi connectivity index (χ2v) is 7.75. The van der Waals surface area contributed by atoms with Crippen LogP contribution in [-0.4, -0.2) is 39.6 Å². The van der Waals surface area contributed by atoms with Crippen LogP contribution in [0.15, 0.2) is 53.4 Å². The maximum absolute atomic E-state index is 12.6. The topological polar surface area (TPSA) is 67.2 Å². The largest absolute Gasteiger partial charge is 0.338 e. The fourth-order valence-electron chi connectivity index (χ4n) is 3.60. The van der Waals surface area contributed by atoms with Gasteiger partial charge in [0.15, 0.2) is 0 Å². The lowest BCUT2D eigenvalue weighted by Crippen LogP contribution is -2.39. The van der Waals surface area contributed by atoms with Crippen LogP contribution in [0, 0.1) is 6.92 Å². The molecule has 0 atom stereocenters. The van der Waals surface area contributed by atoms with Gasteiger partial charge in [0.25, 0.3) is 11.8 Å². The number of aromatic nitrogens is 2. The van der Waals surface area contributed by atoms with Gasteiger partial charge in [-0.15, -0.1) is 0 Å². The number of piperidine rings is 1. The third-order valence-corrected chi connectivity index (χ3v) is 5.85. The molecule has 28 heavy (non-hydrogen) atoms. The fourth-order valence-corrected chi connectivity index (χ4v) is 4.23. The molecule has 2 amide bonds. The lowest BCUT2D eigenvalue weighted by atomic mass is 10.0. The Balaban J connectivity index is 1.42. The molecule has 1 aliphatic rings. The van der Waals surface area contributed by atoms with E-state index in [1.807, 2.05) is 63.7 Å². The van der Waals surface area contributed by atoms with Crippen LogP contribution >= 0.6 is 11.3 Å². The van der Waals surface area contributed by atoms with E-state index in [2.05, 4.69) is 10.4 Å². The molecule has 1 aromatic carbocycles. The number of nitrogens with zero attached hydrogens (tertiary/aromatic N) is 3. The molecule has 6 nitrogen and oxygen atoms in total. The number of likely N-dealkylation sites (tertiary alicyclic amines) is 1. The van der Waals surface area contributed by atoms with Crippen LogP contribution in [-0.2, 0) is 0 Å². The summed E-state index contributed by atoms with van der Waals surface area (Å²) in [6, 6.07) is 11.4. The van der Waals surface area contributed by atoms with E-state index in [1.54, 1.807) is 6.20 Å². The van der Waals surface area contributed by atoms with E-state index in [-0.39, 0.29) is 17.9 Å². The van der Waals surface area contributed by atoms with Gasteiger partial charge in [0.1, 0.15) is 5.82 Å². The monoisotopic (exact) mass is 394 g/mol. The molecule has 144 valence electrons. The number of anilines is 1. The number of aryl methyl sites for hydroxylation is 1. The lowest BCUT2D eigenvalue weighted by molar-refractivity contribution is 0.0691. The summed E-state index contributed by atoms with van der Waals surface area (Å²) in [7, 11) is 0. The molecule has 1 aliphatic heterocycles. The van der Waals surface area contributed by atoms with Crippen molar-refractivity contribution >= 4 is 29.0 Å². The molecule has 0 bridgehead atoms. The van der Waals surface area contributed by atoms with Crippen LogP contribution in [0.2, 0.25) is 0 Å². The van der Waals surface area contributed by atoms with Gasteiger partial charge in [-0.25, -0.2) is 4.68 Å². The predicted molar refractivity (Wildman–Crippen MR) is 110 cm³/mol. The molecule has 1 fully saturated rings. The van der Waals surface area contributed by atoms with Crippen LogP contribution in [0.4, 0.5) is 5.82 Å². The first-order valence-corrected chi connectivity index (χ1v) is 10.3. The van der Waals surface area contributed by atoms with Gasteiger partial charge in [0.05, 0.1) is 17.8 Å². The highest BCUT2D eigenvalue weighted by atomic mass is 32.1. The summed E-state index contributed by atoms with van der Waals surface area (Å²) < 4.78 is 1.88. The van der Waals surface area contributed by atoms with Gasteiger partial charge in [-0.3, -0.25) is 9.59 Å². The zero-order valence-electron chi connectivity index (χ0n) is 15.7. The highest BCUT2D eigenvalue weighted by molar-refractivity contribution is 7.08. The van der Waals surface area contributed by atoms with Crippen molar-refractivity contribution in [2.45, 2.75) is 25.8 Å². The number of benzene rings is 1. The number of carbonyl (C=O) groups is 2. The maximum Gasteiger partial charge on any atom is 0.257 e. The minimum absolute atomic E-state index is 0.0910. The van der Waals surface area contributed by atoms with E-state index < -0.39 is 0 Å². The van der Waals surface area contributed by atoms with Crippen molar-refractivity contribution in [3.63, 3.8) is 0 Å². The van der Waals surface area contributed by atoms with Crippen molar-refractivity contribution in [1.82, 2.24) is 14.7 Å². The van der Waals surface area contributed by atoms with E-state index in [4.69, 9.17) is 0 Å². The van der Waals surface area contributed by atoms with Gasteiger partial charge in [-0.05, 0) is 42.8 Å². The summed E-state index contributed by atoms with van der Waals surface area (Å²) in [4.78, 5) is 27.0.